The van der Waals surface area contributed by atoms with Crippen molar-refractivity contribution in [3.05, 3.63) is 58.9 Å². The maximum absolute atomic E-state index is 5.04. The lowest BCUT2D eigenvalue weighted by Crippen LogP contribution is -2.00. The van der Waals surface area contributed by atoms with Gasteiger partial charge in [-0.2, -0.15) is 10.2 Å². The molecule has 0 bridgehead atoms. The molecule has 22 heavy (non-hydrogen) atoms. The fraction of sp³-hybridized carbons (Fsp3) is 0.312. The summed E-state index contributed by atoms with van der Waals surface area (Å²) >= 11 is 0. The monoisotopic (exact) mass is 297 g/mol. The van der Waals surface area contributed by atoms with Crippen LogP contribution < -0.4 is 0 Å². The van der Waals surface area contributed by atoms with Crippen molar-refractivity contribution < 1.29 is 4.74 Å². The van der Waals surface area contributed by atoms with Crippen molar-refractivity contribution in [3.63, 3.8) is 0 Å². The van der Waals surface area contributed by atoms with E-state index in [-0.39, 0.29) is 0 Å². The van der Waals surface area contributed by atoms with Gasteiger partial charge in [0, 0.05) is 24.8 Å². The molecular weight excluding hydrogens is 278 g/mol. The number of aryl methyl sites for hydroxylation is 1. The number of nitrogens with zero attached hydrogens (tertiary/aromatic N) is 4. The average Bonchev–Trinajstić information content (AvgIpc) is 3.08. The van der Waals surface area contributed by atoms with Crippen LogP contribution >= 0.6 is 0 Å². The second-order valence-electron chi connectivity index (χ2n) is 5.20. The van der Waals surface area contributed by atoms with Crippen molar-refractivity contribution in [1.29, 1.82) is 0 Å². The first kappa shape index (κ1) is 14.5. The third-order valence-electron chi connectivity index (χ3n) is 3.64. The predicted octanol–water partition coefficient (Wildman–Crippen LogP) is 2.34. The number of H-pyrrole nitrogens is 1. The minimum Gasteiger partial charge on any atom is -0.377 e. The molecule has 0 saturated heterocycles. The van der Waals surface area contributed by atoms with E-state index in [0.29, 0.717) is 18.9 Å². The highest BCUT2D eigenvalue weighted by Crippen LogP contribution is 2.19. The Morgan fingerprint density at radius 3 is 2.68 bits per heavy atom. The number of ether oxygens (including phenoxy) is 1. The minimum absolute atomic E-state index is 0.414. The Bertz CT molecular complexity index is 760. The number of para-hydroxylation sites is 1. The van der Waals surface area contributed by atoms with Gasteiger partial charge in [0.15, 0.2) is 5.82 Å². The number of hydrogen-bond acceptors (Lipinski definition) is 4. The molecule has 0 aliphatic carbocycles. The molecule has 0 spiro atoms. The van der Waals surface area contributed by atoms with Crippen LogP contribution in [-0.4, -0.2) is 32.1 Å². The normalized spacial score (nSPS) is 11.0. The maximum atomic E-state index is 5.04. The summed E-state index contributed by atoms with van der Waals surface area (Å²) in [6, 6.07) is 10.1. The molecule has 6 heteroatoms. The Balaban J connectivity index is 1.89. The second kappa shape index (κ2) is 6.11. The van der Waals surface area contributed by atoms with E-state index in [1.807, 2.05) is 41.9 Å². The minimum atomic E-state index is 0.414. The highest BCUT2D eigenvalue weighted by molar-refractivity contribution is 5.37. The Hall–Kier alpha value is -2.47. The first-order valence-corrected chi connectivity index (χ1v) is 7.18. The molecule has 2 heterocycles. The summed E-state index contributed by atoms with van der Waals surface area (Å²) in [7, 11) is 1.63. The van der Waals surface area contributed by atoms with Crippen molar-refractivity contribution in [2.45, 2.75) is 26.9 Å². The van der Waals surface area contributed by atoms with Crippen molar-refractivity contribution in [3.8, 4) is 5.69 Å². The van der Waals surface area contributed by atoms with Crippen molar-refractivity contribution in [1.82, 2.24) is 25.0 Å². The summed E-state index contributed by atoms with van der Waals surface area (Å²) in [5.41, 5.74) is 4.36. The van der Waals surface area contributed by atoms with E-state index >= 15 is 0 Å². The van der Waals surface area contributed by atoms with Gasteiger partial charge >= 0.3 is 0 Å². The third-order valence-corrected chi connectivity index (χ3v) is 3.64. The number of hydrogen-bond donors (Lipinski definition) is 1. The molecule has 0 aliphatic heterocycles. The second-order valence-corrected chi connectivity index (χ2v) is 5.20. The van der Waals surface area contributed by atoms with Gasteiger partial charge < -0.3 is 4.74 Å². The lowest BCUT2D eigenvalue weighted by molar-refractivity contribution is 0.178. The number of aromatic amines is 1. The number of aromatic nitrogens is 5. The zero-order valence-corrected chi connectivity index (χ0v) is 13.0. The molecule has 1 N–H and O–H groups in total. The molecule has 0 unspecified atom stereocenters. The highest BCUT2D eigenvalue weighted by atomic mass is 16.5. The van der Waals surface area contributed by atoms with Crippen LogP contribution in [0.25, 0.3) is 5.69 Å². The molecule has 0 amide bonds. The van der Waals surface area contributed by atoms with E-state index in [9.17, 15) is 0 Å². The van der Waals surface area contributed by atoms with Gasteiger partial charge in [0.1, 0.15) is 12.4 Å². The highest BCUT2D eigenvalue weighted by Gasteiger charge is 2.15. The fourth-order valence-corrected chi connectivity index (χ4v) is 2.53. The Morgan fingerprint density at radius 2 is 1.95 bits per heavy atom. The molecule has 0 aliphatic rings. The molecule has 0 atom stereocenters. The van der Waals surface area contributed by atoms with E-state index in [4.69, 9.17) is 4.74 Å². The number of rotatable bonds is 5. The average molecular weight is 297 g/mol. The Kier molecular flexibility index (Phi) is 4.02. The quantitative estimate of drug-likeness (QED) is 0.785. The maximum Gasteiger partial charge on any atom is 0.176 e. The molecule has 3 rings (SSSR count). The van der Waals surface area contributed by atoms with Crippen LogP contribution in [0, 0.1) is 13.8 Å². The summed E-state index contributed by atoms with van der Waals surface area (Å²) in [4.78, 5) is 4.43. The zero-order valence-electron chi connectivity index (χ0n) is 13.0. The molecule has 6 nitrogen and oxygen atoms in total. The third kappa shape index (κ3) is 2.78. The van der Waals surface area contributed by atoms with E-state index < -0.39 is 0 Å². The van der Waals surface area contributed by atoms with Crippen molar-refractivity contribution in [2.75, 3.05) is 7.11 Å². The predicted molar refractivity (Wildman–Crippen MR) is 82.9 cm³/mol. The molecule has 1 aromatic carbocycles. The Morgan fingerprint density at radius 1 is 1.18 bits per heavy atom. The number of benzene rings is 1. The molecule has 3 aromatic rings. The molecule has 0 radical (unpaired) electrons. The van der Waals surface area contributed by atoms with Crippen LogP contribution in [-0.2, 0) is 17.8 Å². The lowest BCUT2D eigenvalue weighted by atomic mass is 10.1. The largest absolute Gasteiger partial charge is 0.377 e. The van der Waals surface area contributed by atoms with Gasteiger partial charge in [0.2, 0.25) is 0 Å². The van der Waals surface area contributed by atoms with Gasteiger partial charge in [-0.05, 0) is 26.0 Å². The standard InChI is InChI=1S/C16H19N5O/c1-11-14(9-15-17-16(10-22-3)19-18-15)12(2)21(20-11)13-7-5-4-6-8-13/h4-8H,9-10H2,1-3H3,(H,17,18,19). The Labute approximate surface area is 129 Å². The van der Waals surface area contributed by atoms with Gasteiger partial charge in [0.05, 0.1) is 11.4 Å². The summed E-state index contributed by atoms with van der Waals surface area (Å²) in [5, 5.41) is 11.8. The van der Waals surface area contributed by atoms with Crippen LogP contribution in [0.2, 0.25) is 0 Å². The first-order chi connectivity index (χ1) is 10.7. The summed E-state index contributed by atoms with van der Waals surface area (Å²) in [6.45, 7) is 4.51. The first-order valence-electron chi connectivity index (χ1n) is 7.18. The van der Waals surface area contributed by atoms with Gasteiger partial charge in [-0.15, -0.1) is 0 Å². The van der Waals surface area contributed by atoms with Crippen LogP contribution in [0.5, 0.6) is 0 Å². The molecule has 0 saturated carbocycles. The van der Waals surface area contributed by atoms with Gasteiger partial charge in [-0.1, -0.05) is 18.2 Å². The van der Waals surface area contributed by atoms with Crippen LogP contribution in [0.15, 0.2) is 30.3 Å². The molecule has 114 valence electrons. The molecular formula is C16H19N5O. The van der Waals surface area contributed by atoms with Crippen molar-refractivity contribution >= 4 is 0 Å². The van der Waals surface area contributed by atoms with Crippen LogP contribution in [0.3, 0.4) is 0 Å². The van der Waals surface area contributed by atoms with Gasteiger partial charge in [0.25, 0.3) is 0 Å². The summed E-state index contributed by atoms with van der Waals surface area (Å²) in [5.74, 6) is 1.49. The number of methoxy groups -OCH3 is 1. The summed E-state index contributed by atoms with van der Waals surface area (Å²) in [6.07, 6.45) is 0.682. The van der Waals surface area contributed by atoms with Crippen LogP contribution in [0.1, 0.15) is 28.6 Å². The van der Waals surface area contributed by atoms with E-state index in [0.717, 1.165) is 22.9 Å². The smallest absolute Gasteiger partial charge is 0.176 e. The van der Waals surface area contributed by atoms with Gasteiger partial charge in [-0.3, -0.25) is 5.10 Å². The lowest BCUT2D eigenvalue weighted by Gasteiger charge is -2.04. The van der Waals surface area contributed by atoms with Gasteiger partial charge in [-0.25, -0.2) is 9.67 Å². The molecule has 2 aromatic heterocycles. The van der Waals surface area contributed by atoms with Crippen LogP contribution in [0.4, 0.5) is 0 Å². The fourth-order valence-electron chi connectivity index (χ4n) is 2.53. The van der Waals surface area contributed by atoms with E-state index in [2.05, 4.69) is 27.2 Å². The topological polar surface area (TPSA) is 68.6 Å². The van der Waals surface area contributed by atoms with E-state index in [1.54, 1.807) is 7.11 Å². The summed E-state index contributed by atoms with van der Waals surface area (Å²) < 4.78 is 7.01. The molecule has 0 fully saturated rings. The zero-order chi connectivity index (χ0) is 15.5. The SMILES string of the molecule is COCc1n[nH]c(Cc2c(C)nn(-c3ccccc3)c2C)n1. The van der Waals surface area contributed by atoms with E-state index in [1.165, 1.54) is 5.56 Å². The number of nitrogens with one attached hydrogen (secondary N) is 1. The van der Waals surface area contributed by atoms with Crippen molar-refractivity contribution in [2.24, 2.45) is 0 Å².